The Morgan fingerprint density at radius 2 is 1.95 bits per heavy atom. The number of carbonyl (C=O) groups excluding carboxylic acids is 1. The van der Waals surface area contributed by atoms with Gasteiger partial charge in [-0.25, -0.2) is 14.4 Å². The summed E-state index contributed by atoms with van der Waals surface area (Å²) in [7, 11) is 1.28. The number of halogens is 2. The highest BCUT2D eigenvalue weighted by molar-refractivity contribution is 5.96. The number of fused-ring (bicyclic) bond motifs is 1. The first-order valence-corrected chi connectivity index (χ1v) is 12.4. The van der Waals surface area contributed by atoms with Crippen LogP contribution in [-0.2, 0) is 0 Å². The second kappa shape index (κ2) is 11.1. The molecule has 0 saturated carbocycles. The molecule has 3 heterocycles. The van der Waals surface area contributed by atoms with Crippen LogP contribution in [0.3, 0.4) is 0 Å². The number of hydrogen-bond acceptors (Lipinski definition) is 7. The summed E-state index contributed by atoms with van der Waals surface area (Å²) >= 11 is 0. The van der Waals surface area contributed by atoms with Gasteiger partial charge in [0.15, 0.2) is 23.0 Å². The SMILES string of the molecule is COc1ccc(-c2cnc3c(Nc4ccc(C(=O)NCCN5CCNCC5)c(C)c4)nccn23)c(F)c1F. The first kappa shape index (κ1) is 25.6. The number of methoxy groups -OCH3 is 1. The van der Waals surface area contributed by atoms with Crippen LogP contribution in [0.2, 0.25) is 0 Å². The third-order valence-electron chi connectivity index (χ3n) is 6.63. The van der Waals surface area contributed by atoms with Gasteiger partial charge >= 0.3 is 0 Å². The molecule has 1 aliphatic heterocycles. The highest BCUT2D eigenvalue weighted by Crippen LogP contribution is 2.31. The Morgan fingerprint density at radius 1 is 1.13 bits per heavy atom. The van der Waals surface area contributed by atoms with Crippen molar-refractivity contribution in [1.82, 2.24) is 29.9 Å². The fraction of sp³-hybridized carbons (Fsp3) is 0.296. The lowest BCUT2D eigenvalue weighted by Gasteiger charge is -2.27. The van der Waals surface area contributed by atoms with Crippen LogP contribution in [0.25, 0.3) is 16.9 Å². The molecule has 1 amide bonds. The Kier molecular flexibility index (Phi) is 7.47. The summed E-state index contributed by atoms with van der Waals surface area (Å²) in [5.41, 5.74) is 2.98. The molecule has 198 valence electrons. The molecule has 0 unspecified atom stereocenters. The summed E-state index contributed by atoms with van der Waals surface area (Å²) in [5.74, 6) is -1.93. The van der Waals surface area contributed by atoms with Gasteiger partial charge in [0.1, 0.15) is 0 Å². The van der Waals surface area contributed by atoms with Crippen LogP contribution in [0.15, 0.2) is 48.9 Å². The van der Waals surface area contributed by atoms with Crippen molar-refractivity contribution in [2.24, 2.45) is 0 Å². The second-order valence-corrected chi connectivity index (χ2v) is 9.06. The van der Waals surface area contributed by atoms with Crippen molar-refractivity contribution < 1.29 is 18.3 Å². The molecule has 0 aliphatic carbocycles. The molecular formula is C27H29F2N7O2. The lowest BCUT2D eigenvalue weighted by atomic mass is 10.1. The standard InChI is InChI=1S/C27H29F2N7O2/c1-17-15-18(3-4-19(17)27(37)32-9-13-35-11-7-30-8-12-35)34-25-26-33-16-21(36(26)14-10-31-25)20-5-6-22(38-2)24(29)23(20)28/h3-6,10,14-16,30H,7-9,11-13H2,1-2H3,(H,31,34)(H,32,37). The molecule has 1 aliphatic rings. The minimum atomic E-state index is -1.06. The van der Waals surface area contributed by atoms with Crippen LogP contribution < -0.4 is 20.7 Å². The number of carbonyl (C=O) groups is 1. The first-order chi connectivity index (χ1) is 18.5. The minimum absolute atomic E-state index is 0.0520. The number of aryl methyl sites for hydroxylation is 1. The molecule has 5 rings (SSSR count). The maximum atomic E-state index is 14.7. The van der Waals surface area contributed by atoms with Gasteiger partial charge in [-0.05, 0) is 42.8 Å². The summed E-state index contributed by atoms with van der Waals surface area (Å²) in [5, 5.41) is 9.54. The number of rotatable bonds is 8. The number of anilines is 2. The van der Waals surface area contributed by atoms with E-state index in [-0.39, 0.29) is 17.2 Å². The highest BCUT2D eigenvalue weighted by atomic mass is 19.2. The molecule has 0 radical (unpaired) electrons. The number of imidazole rings is 1. The number of ether oxygens (including phenoxy) is 1. The van der Waals surface area contributed by atoms with Crippen molar-refractivity contribution in [3.8, 4) is 17.0 Å². The monoisotopic (exact) mass is 521 g/mol. The first-order valence-electron chi connectivity index (χ1n) is 12.4. The third kappa shape index (κ3) is 5.15. The Balaban J connectivity index is 1.31. The van der Waals surface area contributed by atoms with Crippen LogP contribution in [0.4, 0.5) is 20.3 Å². The van der Waals surface area contributed by atoms with Gasteiger partial charge in [0, 0.05) is 68.5 Å². The second-order valence-electron chi connectivity index (χ2n) is 9.06. The number of benzene rings is 2. The van der Waals surface area contributed by atoms with Crippen molar-refractivity contribution in [3.63, 3.8) is 0 Å². The zero-order chi connectivity index (χ0) is 26.6. The van der Waals surface area contributed by atoms with Gasteiger partial charge in [-0.15, -0.1) is 0 Å². The predicted molar refractivity (Wildman–Crippen MR) is 141 cm³/mol. The average molecular weight is 522 g/mol. The van der Waals surface area contributed by atoms with Crippen molar-refractivity contribution in [1.29, 1.82) is 0 Å². The molecule has 11 heteroatoms. The predicted octanol–water partition coefficient (Wildman–Crippen LogP) is 3.37. The van der Waals surface area contributed by atoms with E-state index in [0.29, 0.717) is 35.0 Å². The number of amides is 1. The molecule has 2 aromatic heterocycles. The van der Waals surface area contributed by atoms with Crippen molar-refractivity contribution in [2.75, 3.05) is 51.7 Å². The van der Waals surface area contributed by atoms with Gasteiger partial charge in [-0.1, -0.05) is 0 Å². The van der Waals surface area contributed by atoms with Gasteiger partial charge in [0.25, 0.3) is 5.91 Å². The van der Waals surface area contributed by atoms with Gasteiger partial charge in [0.05, 0.1) is 19.0 Å². The lowest BCUT2D eigenvalue weighted by molar-refractivity contribution is 0.0946. The maximum absolute atomic E-state index is 14.7. The fourth-order valence-corrected chi connectivity index (χ4v) is 4.58. The molecule has 4 aromatic rings. The smallest absolute Gasteiger partial charge is 0.251 e. The van der Waals surface area contributed by atoms with Crippen LogP contribution in [0.5, 0.6) is 5.75 Å². The zero-order valence-electron chi connectivity index (χ0n) is 21.2. The summed E-state index contributed by atoms with van der Waals surface area (Å²) < 4.78 is 35.6. The molecule has 38 heavy (non-hydrogen) atoms. The zero-order valence-corrected chi connectivity index (χ0v) is 21.2. The lowest BCUT2D eigenvalue weighted by Crippen LogP contribution is -2.46. The van der Waals surface area contributed by atoms with Gasteiger partial charge in [-0.2, -0.15) is 4.39 Å². The fourth-order valence-electron chi connectivity index (χ4n) is 4.58. The van der Waals surface area contributed by atoms with Gasteiger partial charge in [0.2, 0.25) is 5.82 Å². The van der Waals surface area contributed by atoms with Crippen molar-refractivity contribution in [3.05, 3.63) is 71.7 Å². The van der Waals surface area contributed by atoms with Gasteiger partial charge < -0.3 is 20.7 Å². The Morgan fingerprint density at radius 3 is 2.71 bits per heavy atom. The van der Waals surface area contributed by atoms with E-state index in [9.17, 15) is 13.6 Å². The van der Waals surface area contributed by atoms with Crippen LogP contribution >= 0.6 is 0 Å². The van der Waals surface area contributed by atoms with E-state index in [2.05, 4.69) is 30.8 Å². The topological polar surface area (TPSA) is 95.8 Å². The Hall–Kier alpha value is -4.09. The van der Waals surface area contributed by atoms with E-state index in [4.69, 9.17) is 4.74 Å². The summed E-state index contributed by atoms with van der Waals surface area (Å²) in [6.07, 6.45) is 4.64. The van der Waals surface area contributed by atoms with Crippen molar-refractivity contribution >= 4 is 23.1 Å². The number of aromatic nitrogens is 3. The van der Waals surface area contributed by atoms with Crippen LogP contribution in [0, 0.1) is 18.6 Å². The molecule has 9 nitrogen and oxygen atoms in total. The van der Waals surface area contributed by atoms with E-state index in [0.717, 1.165) is 38.3 Å². The molecule has 1 saturated heterocycles. The van der Waals surface area contributed by atoms with Crippen molar-refractivity contribution in [2.45, 2.75) is 6.92 Å². The van der Waals surface area contributed by atoms with Crippen LogP contribution in [0.1, 0.15) is 15.9 Å². The number of nitrogens with one attached hydrogen (secondary N) is 3. The molecule has 0 atom stereocenters. The number of hydrogen-bond donors (Lipinski definition) is 3. The minimum Gasteiger partial charge on any atom is -0.494 e. The largest absolute Gasteiger partial charge is 0.494 e. The Bertz CT molecular complexity index is 1470. The number of nitrogens with zero attached hydrogens (tertiary/aromatic N) is 4. The molecule has 2 aromatic carbocycles. The average Bonchev–Trinajstić information content (AvgIpc) is 3.36. The summed E-state index contributed by atoms with van der Waals surface area (Å²) in [6, 6.07) is 8.25. The number of piperazine rings is 1. The van der Waals surface area contributed by atoms with Crippen LogP contribution in [-0.4, -0.2) is 71.6 Å². The Labute approximate surface area is 218 Å². The molecule has 1 fully saturated rings. The molecule has 3 N–H and O–H groups in total. The molecular weight excluding hydrogens is 492 g/mol. The summed E-state index contributed by atoms with van der Waals surface area (Å²) in [6.45, 7) is 7.20. The van der Waals surface area contributed by atoms with E-state index >= 15 is 0 Å². The normalized spacial score (nSPS) is 14.0. The molecule has 0 spiro atoms. The van der Waals surface area contributed by atoms with E-state index in [1.807, 2.05) is 13.0 Å². The highest BCUT2D eigenvalue weighted by Gasteiger charge is 2.19. The molecule has 0 bridgehead atoms. The third-order valence-corrected chi connectivity index (χ3v) is 6.63. The van der Waals surface area contributed by atoms with Gasteiger partial charge in [-0.3, -0.25) is 14.1 Å². The maximum Gasteiger partial charge on any atom is 0.251 e. The van der Waals surface area contributed by atoms with E-state index in [1.165, 1.54) is 25.4 Å². The van der Waals surface area contributed by atoms with E-state index < -0.39 is 11.6 Å². The quantitative estimate of drug-likeness (QED) is 0.327. The summed E-state index contributed by atoms with van der Waals surface area (Å²) in [4.78, 5) is 23.8. The van der Waals surface area contributed by atoms with E-state index in [1.54, 1.807) is 28.9 Å².